The summed E-state index contributed by atoms with van der Waals surface area (Å²) < 4.78 is 40.1. The zero-order valence-electron chi connectivity index (χ0n) is 9.06. The molecule has 0 aliphatic carbocycles. The summed E-state index contributed by atoms with van der Waals surface area (Å²) in [5.74, 6) is -0.349. The fourth-order valence-corrected chi connectivity index (χ4v) is 1.28. The van der Waals surface area contributed by atoms with Crippen LogP contribution in [0.4, 0.5) is 13.2 Å². The number of ether oxygens (including phenoxy) is 1. The fraction of sp³-hybridized carbons (Fsp3) is 0.900. The van der Waals surface area contributed by atoms with Crippen LogP contribution < -0.4 is 0 Å². The Morgan fingerprint density at radius 1 is 1.27 bits per heavy atom. The second kappa shape index (κ2) is 6.69. The Balaban J connectivity index is 3.35. The molecule has 0 aromatic carbocycles. The summed E-state index contributed by atoms with van der Waals surface area (Å²) in [5, 5.41) is 0. The third-order valence-electron chi connectivity index (χ3n) is 1.94. The van der Waals surface area contributed by atoms with Crippen molar-refractivity contribution in [3.05, 3.63) is 0 Å². The average Bonchev–Trinajstić information content (AvgIpc) is 1.99. The molecule has 0 aliphatic rings. The zero-order chi connectivity index (χ0) is 11.9. The van der Waals surface area contributed by atoms with Gasteiger partial charge in [-0.15, -0.1) is 0 Å². The molecule has 0 fully saturated rings. The standard InChI is InChI=1S/C10H17F3O2/c1-8(15-9(2)14)6-4-3-5-7-10(11,12)13/h8H,3-7H2,1-2H3. The van der Waals surface area contributed by atoms with Gasteiger partial charge in [0.2, 0.25) is 0 Å². The van der Waals surface area contributed by atoms with Gasteiger partial charge in [-0.05, 0) is 26.2 Å². The smallest absolute Gasteiger partial charge is 0.389 e. The maximum atomic E-state index is 11.7. The first-order valence-corrected chi connectivity index (χ1v) is 5.05. The Morgan fingerprint density at radius 2 is 1.87 bits per heavy atom. The first-order valence-electron chi connectivity index (χ1n) is 5.05. The van der Waals surface area contributed by atoms with E-state index in [4.69, 9.17) is 4.74 Å². The average molecular weight is 226 g/mol. The van der Waals surface area contributed by atoms with E-state index >= 15 is 0 Å². The molecule has 0 heterocycles. The van der Waals surface area contributed by atoms with Gasteiger partial charge in [0.1, 0.15) is 0 Å². The predicted molar refractivity (Wildman–Crippen MR) is 50.4 cm³/mol. The van der Waals surface area contributed by atoms with Crippen molar-refractivity contribution in [2.45, 2.75) is 58.2 Å². The summed E-state index contributed by atoms with van der Waals surface area (Å²) in [7, 11) is 0. The van der Waals surface area contributed by atoms with E-state index in [1.165, 1.54) is 6.92 Å². The molecule has 0 spiro atoms. The van der Waals surface area contributed by atoms with Gasteiger partial charge in [0.25, 0.3) is 0 Å². The third kappa shape index (κ3) is 11.2. The summed E-state index contributed by atoms with van der Waals surface area (Å²) in [6, 6.07) is 0. The molecule has 90 valence electrons. The van der Waals surface area contributed by atoms with Crippen LogP contribution >= 0.6 is 0 Å². The van der Waals surface area contributed by atoms with Gasteiger partial charge in [0.15, 0.2) is 0 Å². The predicted octanol–water partition coefficient (Wildman–Crippen LogP) is 3.45. The number of rotatable bonds is 6. The van der Waals surface area contributed by atoms with Gasteiger partial charge < -0.3 is 4.74 Å². The Bertz CT molecular complexity index is 190. The van der Waals surface area contributed by atoms with Crippen molar-refractivity contribution >= 4 is 5.97 Å². The molecule has 0 radical (unpaired) electrons. The van der Waals surface area contributed by atoms with E-state index in [1.54, 1.807) is 6.92 Å². The maximum absolute atomic E-state index is 11.7. The molecule has 2 nitrogen and oxygen atoms in total. The number of unbranched alkanes of at least 4 members (excludes halogenated alkanes) is 2. The highest BCUT2D eigenvalue weighted by Crippen LogP contribution is 2.23. The minimum atomic E-state index is -4.05. The van der Waals surface area contributed by atoms with Crippen LogP contribution in [0, 0.1) is 0 Å². The second-order valence-corrected chi connectivity index (χ2v) is 3.63. The Morgan fingerprint density at radius 3 is 2.33 bits per heavy atom. The molecule has 0 aliphatic heterocycles. The number of hydrogen-bond acceptors (Lipinski definition) is 2. The normalized spacial score (nSPS) is 13.7. The van der Waals surface area contributed by atoms with Crippen LogP contribution in [0.3, 0.4) is 0 Å². The van der Waals surface area contributed by atoms with Crippen molar-refractivity contribution in [3.63, 3.8) is 0 Å². The van der Waals surface area contributed by atoms with Crippen LogP contribution in [-0.4, -0.2) is 18.2 Å². The minimum Gasteiger partial charge on any atom is -0.463 e. The number of carbonyl (C=O) groups is 1. The molecule has 0 bridgehead atoms. The SMILES string of the molecule is CC(=O)OC(C)CCCCCC(F)(F)F. The van der Waals surface area contributed by atoms with Crippen LogP contribution in [0.2, 0.25) is 0 Å². The zero-order valence-corrected chi connectivity index (χ0v) is 9.06. The molecule has 1 atom stereocenters. The van der Waals surface area contributed by atoms with E-state index in [1.807, 2.05) is 0 Å². The lowest BCUT2D eigenvalue weighted by Gasteiger charge is -2.11. The highest BCUT2D eigenvalue weighted by atomic mass is 19.4. The summed E-state index contributed by atoms with van der Waals surface area (Å²) >= 11 is 0. The molecule has 1 unspecified atom stereocenters. The van der Waals surface area contributed by atoms with Gasteiger partial charge in [-0.3, -0.25) is 4.79 Å². The summed E-state index contributed by atoms with van der Waals surface area (Å²) in [6.45, 7) is 3.06. The van der Waals surface area contributed by atoms with E-state index in [2.05, 4.69) is 0 Å². The van der Waals surface area contributed by atoms with Crippen LogP contribution in [0.5, 0.6) is 0 Å². The molecule has 0 saturated heterocycles. The molecule has 0 saturated carbocycles. The molecule has 0 aromatic rings. The molecular weight excluding hydrogens is 209 g/mol. The van der Waals surface area contributed by atoms with Crippen molar-refractivity contribution < 1.29 is 22.7 Å². The lowest BCUT2D eigenvalue weighted by atomic mass is 10.1. The quantitative estimate of drug-likeness (QED) is 0.512. The lowest BCUT2D eigenvalue weighted by molar-refractivity contribution is -0.145. The van der Waals surface area contributed by atoms with Crippen LogP contribution in [-0.2, 0) is 9.53 Å². The number of hydrogen-bond donors (Lipinski definition) is 0. The van der Waals surface area contributed by atoms with Crippen LogP contribution in [0.1, 0.15) is 46.0 Å². The first kappa shape index (κ1) is 14.3. The van der Waals surface area contributed by atoms with Crippen molar-refractivity contribution in [3.8, 4) is 0 Å². The Kier molecular flexibility index (Phi) is 6.36. The van der Waals surface area contributed by atoms with E-state index in [9.17, 15) is 18.0 Å². The molecule has 0 rings (SSSR count). The van der Waals surface area contributed by atoms with Crippen molar-refractivity contribution in [2.75, 3.05) is 0 Å². The van der Waals surface area contributed by atoms with Gasteiger partial charge in [-0.2, -0.15) is 13.2 Å². The second-order valence-electron chi connectivity index (χ2n) is 3.63. The Hall–Kier alpha value is -0.740. The number of esters is 1. The number of alkyl halides is 3. The van der Waals surface area contributed by atoms with Crippen molar-refractivity contribution in [1.82, 2.24) is 0 Å². The molecule has 0 amide bonds. The Labute approximate surface area is 87.8 Å². The van der Waals surface area contributed by atoms with Gasteiger partial charge >= 0.3 is 12.1 Å². The van der Waals surface area contributed by atoms with Crippen LogP contribution in [0.25, 0.3) is 0 Å². The molecule has 0 aromatic heterocycles. The summed E-state index contributed by atoms with van der Waals surface area (Å²) in [6.07, 6.45) is -3.03. The van der Waals surface area contributed by atoms with Gasteiger partial charge in [-0.1, -0.05) is 6.42 Å². The van der Waals surface area contributed by atoms with Crippen molar-refractivity contribution in [1.29, 1.82) is 0 Å². The van der Waals surface area contributed by atoms with E-state index in [-0.39, 0.29) is 18.5 Å². The fourth-order valence-electron chi connectivity index (χ4n) is 1.28. The highest BCUT2D eigenvalue weighted by molar-refractivity contribution is 5.66. The summed E-state index contributed by atoms with van der Waals surface area (Å²) in [5.41, 5.74) is 0. The van der Waals surface area contributed by atoms with Crippen LogP contribution in [0.15, 0.2) is 0 Å². The lowest BCUT2D eigenvalue weighted by Crippen LogP contribution is -2.12. The largest absolute Gasteiger partial charge is 0.463 e. The van der Waals surface area contributed by atoms with Gasteiger partial charge in [0, 0.05) is 13.3 Å². The monoisotopic (exact) mass is 226 g/mol. The van der Waals surface area contributed by atoms with Gasteiger partial charge in [0.05, 0.1) is 6.10 Å². The molecule has 0 N–H and O–H groups in total. The highest BCUT2D eigenvalue weighted by Gasteiger charge is 2.25. The van der Waals surface area contributed by atoms with E-state index in [0.29, 0.717) is 19.3 Å². The maximum Gasteiger partial charge on any atom is 0.389 e. The van der Waals surface area contributed by atoms with E-state index in [0.717, 1.165) is 0 Å². The van der Waals surface area contributed by atoms with Crippen molar-refractivity contribution in [2.24, 2.45) is 0 Å². The van der Waals surface area contributed by atoms with Gasteiger partial charge in [-0.25, -0.2) is 0 Å². The number of halogens is 3. The molecule has 15 heavy (non-hydrogen) atoms. The molecular formula is C10H17F3O2. The molecule has 5 heteroatoms. The van der Waals surface area contributed by atoms with E-state index < -0.39 is 12.6 Å². The first-order chi connectivity index (χ1) is 6.81. The summed E-state index contributed by atoms with van der Waals surface area (Å²) in [4.78, 5) is 10.5. The number of carbonyl (C=O) groups excluding carboxylic acids is 1. The third-order valence-corrected chi connectivity index (χ3v) is 1.94. The minimum absolute atomic E-state index is 0.149. The topological polar surface area (TPSA) is 26.3 Å².